The molecule has 0 aliphatic carbocycles. The molecule has 2 bridgehead atoms. The van der Waals surface area contributed by atoms with Crippen LogP contribution in [0.5, 0.6) is 0 Å². The number of hydrogen-bond acceptors (Lipinski definition) is 5. The summed E-state index contributed by atoms with van der Waals surface area (Å²) in [4.78, 5) is 52.8. The van der Waals surface area contributed by atoms with Crippen molar-refractivity contribution in [2.24, 2.45) is 5.92 Å². The smallest absolute Gasteiger partial charge is 0.325 e. The van der Waals surface area contributed by atoms with Crippen LogP contribution in [0.4, 0.5) is 5.69 Å². The Morgan fingerprint density at radius 3 is 2.69 bits per heavy atom. The van der Waals surface area contributed by atoms with Crippen molar-refractivity contribution < 1.29 is 24.6 Å². The lowest BCUT2D eigenvalue weighted by Gasteiger charge is -2.44. The molecule has 0 spiro atoms. The maximum Gasteiger partial charge on any atom is 0.325 e. The number of nitrogens with one attached hydrogen (secondary N) is 2. The third-order valence-corrected chi connectivity index (χ3v) is 6.97. The summed E-state index contributed by atoms with van der Waals surface area (Å²) in [5, 5.41) is 22.4. The van der Waals surface area contributed by atoms with Crippen LogP contribution in [0, 0.1) is 5.92 Å². The molecule has 4 heterocycles. The third-order valence-electron chi connectivity index (χ3n) is 6.97. The lowest BCUT2D eigenvalue weighted by atomic mass is 9.82. The zero-order chi connectivity index (χ0) is 24.7. The average molecular weight is 479 g/mol. The van der Waals surface area contributed by atoms with E-state index in [4.69, 9.17) is 5.11 Å². The Morgan fingerprint density at radius 1 is 1.09 bits per heavy atom. The standard InChI is InChI=1S/C25H26N4O6/c30-21(6-7-23(32)33)27-16-4-5-19-17(9-16)18(10-26-19)24(25(34)35)28-11-14-8-15(13-28)20-2-1-3-22(31)29(20)12-14/h1-5,9-10,14-15,24,26H,6-8,11-13H2,(H,27,30)(H,32,33)(H,34,35)/t14-,15+,24-/m1/s1. The number of H-pyrrole nitrogens is 1. The molecule has 2 aromatic heterocycles. The summed E-state index contributed by atoms with van der Waals surface area (Å²) >= 11 is 0. The van der Waals surface area contributed by atoms with Gasteiger partial charge in [0.25, 0.3) is 5.56 Å². The Kier molecular flexibility index (Phi) is 5.89. The molecule has 5 rings (SSSR count). The minimum atomic E-state index is -1.05. The number of carbonyl (C=O) groups excluding carboxylic acids is 1. The lowest BCUT2D eigenvalue weighted by Crippen LogP contribution is -2.49. The van der Waals surface area contributed by atoms with E-state index in [-0.39, 0.29) is 30.2 Å². The number of anilines is 1. The molecule has 0 saturated carbocycles. The highest BCUT2D eigenvalue weighted by Gasteiger charge is 2.40. The van der Waals surface area contributed by atoms with Crippen molar-refractivity contribution in [3.8, 4) is 0 Å². The van der Waals surface area contributed by atoms with Crippen LogP contribution >= 0.6 is 0 Å². The second-order valence-electron chi connectivity index (χ2n) is 9.34. The van der Waals surface area contributed by atoms with Crippen molar-refractivity contribution in [3.63, 3.8) is 0 Å². The van der Waals surface area contributed by atoms with Crippen molar-refractivity contribution in [3.05, 3.63) is 64.2 Å². The molecule has 2 aliphatic rings. The number of amides is 1. The predicted molar refractivity (Wildman–Crippen MR) is 127 cm³/mol. The maximum absolute atomic E-state index is 12.5. The number of nitrogens with zero attached hydrogens (tertiary/aromatic N) is 2. The van der Waals surface area contributed by atoms with Crippen LogP contribution in [0.3, 0.4) is 0 Å². The van der Waals surface area contributed by atoms with Gasteiger partial charge in [-0.05, 0) is 36.6 Å². The second kappa shape index (κ2) is 9.03. The summed E-state index contributed by atoms with van der Waals surface area (Å²) in [6.07, 6.45) is 2.21. The van der Waals surface area contributed by atoms with Crippen LogP contribution < -0.4 is 10.9 Å². The minimum Gasteiger partial charge on any atom is -0.481 e. The summed E-state index contributed by atoms with van der Waals surface area (Å²) in [5.41, 5.74) is 2.74. The Labute approximate surface area is 200 Å². The molecular weight excluding hydrogens is 452 g/mol. The number of rotatable bonds is 7. The highest BCUT2D eigenvalue weighted by molar-refractivity contribution is 5.96. The molecule has 10 nitrogen and oxygen atoms in total. The van der Waals surface area contributed by atoms with Gasteiger partial charge in [0.2, 0.25) is 5.91 Å². The molecule has 3 atom stereocenters. The number of piperidine rings is 1. The van der Waals surface area contributed by atoms with E-state index in [0.717, 1.165) is 17.6 Å². The van der Waals surface area contributed by atoms with Crippen molar-refractivity contribution >= 4 is 34.4 Å². The fourth-order valence-electron chi connectivity index (χ4n) is 5.52. The molecule has 1 amide bonds. The molecule has 0 unspecified atom stereocenters. The van der Waals surface area contributed by atoms with Crippen LogP contribution in [-0.2, 0) is 20.9 Å². The average Bonchev–Trinajstić information content (AvgIpc) is 3.21. The van der Waals surface area contributed by atoms with Gasteiger partial charge in [-0.1, -0.05) is 6.07 Å². The zero-order valence-corrected chi connectivity index (χ0v) is 18.9. The molecule has 1 fully saturated rings. The van der Waals surface area contributed by atoms with E-state index in [0.29, 0.717) is 36.3 Å². The number of hydrogen-bond donors (Lipinski definition) is 4. The summed E-state index contributed by atoms with van der Waals surface area (Å²) in [6.45, 7) is 1.66. The highest BCUT2D eigenvalue weighted by atomic mass is 16.4. The number of pyridine rings is 1. The van der Waals surface area contributed by atoms with E-state index in [1.54, 1.807) is 36.5 Å². The van der Waals surface area contributed by atoms with Gasteiger partial charge in [0.1, 0.15) is 6.04 Å². The lowest BCUT2D eigenvalue weighted by molar-refractivity contribution is -0.145. The SMILES string of the molecule is O=C(O)CCC(=O)Nc1ccc2[nH]cc([C@H](C(=O)O)N3C[C@H]4C[C@@H](C3)c3cccc(=O)n3C4)c2c1. The van der Waals surface area contributed by atoms with Gasteiger partial charge in [-0.3, -0.25) is 24.1 Å². The van der Waals surface area contributed by atoms with Gasteiger partial charge >= 0.3 is 11.9 Å². The number of aromatic amines is 1. The van der Waals surface area contributed by atoms with Crippen LogP contribution in [0.15, 0.2) is 47.4 Å². The van der Waals surface area contributed by atoms with Crippen molar-refractivity contribution in [1.29, 1.82) is 0 Å². The first-order valence-corrected chi connectivity index (χ1v) is 11.6. The maximum atomic E-state index is 12.5. The number of carboxylic acid groups (broad SMARTS) is 2. The number of fused-ring (bicyclic) bond motifs is 5. The summed E-state index contributed by atoms with van der Waals surface area (Å²) in [7, 11) is 0. The van der Waals surface area contributed by atoms with Crippen LogP contribution in [-0.4, -0.2) is 55.6 Å². The van der Waals surface area contributed by atoms with Crippen LogP contribution in [0.25, 0.3) is 10.9 Å². The molecule has 2 aliphatic heterocycles. The Morgan fingerprint density at radius 2 is 1.91 bits per heavy atom. The van der Waals surface area contributed by atoms with E-state index < -0.39 is 23.9 Å². The van der Waals surface area contributed by atoms with Gasteiger partial charge in [-0.2, -0.15) is 0 Å². The molecule has 182 valence electrons. The first-order valence-electron chi connectivity index (χ1n) is 11.6. The molecule has 35 heavy (non-hydrogen) atoms. The fourth-order valence-corrected chi connectivity index (χ4v) is 5.52. The summed E-state index contributed by atoms with van der Waals surface area (Å²) in [5.74, 6) is -2.18. The first-order chi connectivity index (χ1) is 16.8. The van der Waals surface area contributed by atoms with Gasteiger partial charge in [0.15, 0.2) is 0 Å². The summed E-state index contributed by atoms with van der Waals surface area (Å²) < 4.78 is 1.82. The van der Waals surface area contributed by atoms with Gasteiger partial charge in [-0.25, -0.2) is 0 Å². The van der Waals surface area contributed by atoms with E-state index >= 15 is 0 Å². The summed E-state index contributed by atoms with van der Waals surface area (Å²) in [6, 6.07) is 9.55. The van der Waals surface area contributed by atoms with Crippen molar-refractivity contribution in [2.75, 3.05) is 18.4 Å². The van der Waals surface area contributed by atoms with E-state index in [9.17, 15) is 24.3 Å². The van der Waals surface area contributed by atoms with Gasteiger partial charge in [-0.15, -0.1) is 0 Å². The van der Waals surface area contributed by atoms with E-state index in [1.165, 1.54) is 0 Å². The third kappa shape index (κ3) is 4.44. The van der Waals surface area contributed by atoms with E-state index in [2.05, 4.69) is 10.3 Å². The normalized spacial score (nSPS) is 20.2. The fraction of sp³-hybridized carbons (Fsp3) is 0.360. The number of carboxylic acids is 2. The first kappa shape index (κ1) is 22.9. The number of likely N-dealkylation sites (tertiary alicyclic amines) is 1. The molecule has 1 saturated heterocycles. The molecule has 0 radical (unpaired) electrons. The number of benzene rings is 1. The molecule has 1 aromatic carbocycles. The van der Waals surface area contributed by atoms with Crippen molar-refractivity contribution in [1.82, 2.24) is 14.5 Å². The molecule has 10 heteroatoms. The molecule has 4 N–H and O–H groups in total. The van der Waals surface area contributed by atoms with Crippen LogP contribution in [0.2, 0.25) is 0 Å². The minimum absolute atomic E-state index is 0.0185. The van der Waals surface area contributed by atoms with Crippen molar-refractivity contribution in [2.45, 2.75) is 37.8 Å². The van der Waals surface area contributed by atoms with Gasteiger partial charge < -0.3 is 25.1 Å². The largest absolute Gasteiger partial charge is 0.481 e. The quantitative estimate of drug-likeness (QED) is 0.408. The monoisotopic (exact) mass is 478 g/mol. The molecule has 3 aromatic rings. The van der Waals surface area contributed by atoms with Crippen LogP contribution in [0.1, 0.15) is 42.5 Å². The van der Waals surface area contributed by atoms with Gasteiger partial charge in [0, 0.05) is 72.1 Å². The number of aromatic nitrogens is 2. The van der Waals surface area contributed by atoms with E-state index in [1.807, 2.05) is 15.5 Å². The van der Waals surface area contributed by atoms with Gasteiger partial charge in [0.05, 0.1) is 6.42 Å². The Balaban J connectivity index is 1.43. The number of aliphatic carboxylic acids is 2. The zero-order valence-electron chi connectivity index (χ0n) is 18.9. The molecular formula is C25H26N4O6. The highest BCUT2D eigenvalue weighted by Crippen LogP contribution is 2.40. The Hall–Kier alpha value is -3.92. The Bertz CT molecular complexity index is 1380. The second-order valence-corrected chi connectivity index (χ2v) is 9.34. The number of carbonyl (C=O) groups is 3. The topological polar surface area (TPSA) is 145 Å². The predicted octanol–water partition coefficient (Wildman–Crippen LogP) is 2.38.